The Balaban J connectivity index is 1.30. The smallest absolute Gasteiger partial charge is 0.228 e. The van der Waals surface area contributed by atoms with E-state index < -0.39 is 0 Å². The molecule has 6 nitrogen and oxygen atoms in total. The van der Waals surface area contributed by atoms with Gasteiger partial charge in [0, 0.05) is 43.3 Å². The average Bonchev–Trinajstić information content (AvgIpc) is 3.17. The van der Waals surface area contributed by atoms with E-state index in [9.17, 15) is 14.4 Å². The first-order chi connectivity index (χ1) is 14.9. The summed E-state index contributed by atoms with van der Waals surface area (Å²) in [4.78, 5) is 41.6. The van der Waals surface area contributed by atoms with Crippen molar-refractivity contribution in [2.75, 3.05) is 29.9 Å². The van der Waals surface area contributed by atoms with Crippen LogP contribution in [0.1, 0.15) is 30.4 Å². The van der Waals surface area contributed by atoms with Gasteiger partial charge in [-0.05, 0) is 51.0 Å². The quantitative estimate of drug-likeness (QED) is 0.824. The summed E-state index contributed by atoms with van der Waals surface area (Å²) in [5, 5.41) is 2.98. The number of rotatable bonds is 4. The van der Waals surface area contributed by atoms with Crippen LogP contribution in [0.5, 0.6) is 0 Å². The van der Waals surface area contributed by atoms with Crippen LogP contribution in [0, 0.1) is 25.7 Å². The Hall–Kier alpha value is -3.15. The number of piperidine rings is 1. The number of carbonyl (C=O) groups excluding carboxylic acids is 3. The number of hydrogen-bond acceptors (Lipinski definition) is 3. The van der Waals surface area contributed by atoms with E-state index in [2.05, 4.69) is 5.32 Å². The lowest BCUT2D eigenvalue weighted by atomic mass is 9.94. The van der Waals surface area contributed by atoms with Gasteiger partial charge in [0.25, 0.3) is 0 Å². The molecule has 2 aliphatic rings. The van der Waals surface area contributed by atoms with Crippen molar-refractivity contribution >= 4 is 29.1 Å². The highest BCUT2D eigenvalue weighted by molar-refractivity contribution is 6.00. The van der Waals surface area contributed by atoms with Gasteiger partial charge in [-0.1, -0.05) is 35.4 Å². The molecule has 31 heavy (non-hydrogen) atoms. The summed E-state index contributed by atoms with van der Waals surface area (Å²) in [6.45, 7) is 5.55. The lowest BCUT2D eigenvalue weighted by Gasteiger charge is -2.33. The van der Waals surface area contributed by atoms with Crippen LogP contribution in [0.4, 0.5) is 11.4 Å². The molecule has 1 atom stereocenters. The summed E-state index contributed by atoms with van der Waals surface area (Å²) >= 11 is 0. The number of carbonyl (C=O) groups is 3. The van der Waals surface area contributed by atoms with E-state index in [-0.39, 0.29) is 36.0 Å². The van der Waals surface area contributed by atoms with E-state index in [0.717, 1.165) is 22.5 Å². The van der Waals surface area contributed by atoms with Crippen LogP contribution in [0.3, 0.4) is 0 Å². The first kappa shape index (κ1) is 21.1. The van der Waals surface area contributed by atoms with E-state index in [0.29, 0.717) is 32.5 Å². The Morgan fingerprint density at radius 2 is 1.45 bits per heavy atom. The molecular weight excluding hydrogens is 390 g/mol. The maximum atomic E-state index is 13.0. The molecule has 2 saturated heterocycles. The van der Waals surface area contributed by atoms with Crippen LogP contribution in [0.2, 0.25) is 0 Å². The van der Waals surface area contributed by atoms with Gasteiger partial charge in [0.15, 0.2) is 0 Å². The molecule has 2 aliphatic heterocycles. The van der Waals surface area contributed by atoms with Crippen LogP contribution >= 0.6 is 0 Å². The second-order valence-electron chi connectivity index (χ2n) is 8.70. The van der Waals surface area contributed by atoms with Gasteiger partial charge in [-0.25, -0.2) is 0 Å². The van der Waals surface area contributed by atoms with Crippen molar-refractivity contribution in [1.29, 1.82) is 0 Å². The lowest BCUT2D eigenvalue weighted by Crippen LogP contribution is -2.44. The number of aryl methyl sites for hydroxylation is 2. The molecule has 2 fully saturated rings. The summed E-state index contributed by atoms with van der Waals surface area (Å²) in [6.07, 6.45) is 1.54. The van der Waals surface area contributed by atoms with E-state index in [4.69, 9.17) is 0 Å². The molecule has 2 heterocycles. The highest BCUT2D eigenvalue weighted by Gasteiger charge is 2.38. The van der Waals surface area contributed by atoms with Crippen molar-refractivity contribution in [3.8, 4) is 0 Å². The van der Waals surface area contributed by atoms with Gasteiger partial charge in [0.1, 0.15) is 0 Å². The Kier molecular flexibility index (Phi) is 6.07. The third-order valence-corrected chi connectivity index (χ3v) is 6.32. The van der Waals surface area contributed by atoms with E-state index in [1.807, 2.05) is 67.3 Å². The summed E-state index contributed by atoms with van der Waals surface area (Å²) in [6, 6.07) is 15.6. The molecule has 0 saturated carbocycles. The predicted octanol–water partition coefficient (Wildman–Crippen LogP) is 3.53. The van der Waals surface area contributed by atoms with Crippen LogP contribution < -0.4 is 10.2 Å². The van der Waals surface area contributed by atoms with Crippen LogP contribution in [-0.2, 0) is 14.4 Å². The third-order valence-electron chi connectivity index (χ3n) is 6.32. The molecule has 3 amide bonds. The van der Waals surface area contributed by atoms with Crippen molar-refractivity contribution in [3.63, 3.8) is 0 Å². The van der Waals surface area contributed by atoms with Crippen LogP contribution in [0.25, 0.3) is 0 Å². The molecule has 0 spiro atoms. The Morgan fingerprint density at radius 1 is 0.871 bits per heavy atom. The Bertz CT molecular complexity index is 961. The lowest BCUT2D eigenvalue weighted by molar-refractivity contribution is -0.138. The number of amides is 3. The molecule has 2 aromatic carbocycles. The van der Waals surface area contributed by atoms with Crippen molar-refractivity contribution in [1.82, 2.24) is 4.90 Å². The number of nitrogens with zero attached hydrogens (tertiary/aromatic N) is 2. The highest BCUT2D eigenvalue weighted by Crippen LogP contribution is 2.28. The monoisotopic (exact) mass is 419 g/mol. The summed E-state index contributed by atoms with van der Waals surface area (Å²) in [5.74, 6) is -0.376. The van der Waals surface area contributed by atoms with Gasteiger partial charge in [0.05, 0.1) is 5.92 Å². The molecule has 4 rings (SSSR count). The fraction of sp³-hybridized carbons (Fsp3) is 0.400. The molecule has 0 aliphatic carbocycles. The summed E-state index contributed by atoms with van der Waals surface area (Å²) in [7, 11) is 0. The zero-order valence-corrected chi connectivity index (χ0v) is 18.1. The molecule has 2 aromatic rings. The number of hydrogen-bond donors (Lipinski definition) is 1. The fourth-order valence-corrected chi connectivity index (χ4v) is 4.35. The largest absolute Gasteiger partial charge is 0.342 e. The van der Waals surface area contributed by atoms with Gasteiger partial charge >= 0.3 is 0 Å². The zero-order chi connectivity index (χ0) is 22.0. The second-order valence-corrected chi connectivity index (χ2v) is 8.70. The van der Waals surface area contributed by atoms with Crippen LogP contribution in [0.15, 0.2) is 48.5 Å². The average molecular weight is 420 g/mol. The molecule has 1 N–H and O–H groups in total. The first-order valence-corrected chi connectivity index (χ1v) is 10.9. The Labute approximate surface area is 183 Å². The number of anilines is 2. The summed E-state index contributed by atoms with van der Waals surface area (Å²) in [5.41, 5.74) is 3.93. The minimum Gasteiger partial charge on any atom is -0.342 e. The number of benzene rings is 2. The predicted molar refractivity (Wildman–Crippen MR) is 121 cm³/mol. The normalized spacial score (nSPS) is 19.5. The SMILES string of the molecule is Cc1ccc(NC(=O)C2CCN(C(=O)[C@H]3CC(=O)N(c4ccc(C)cc4)C3)CC2)cc1. The molecule has 162 valence electrons. The minimum absolute atomic E-state index is 0.00503. The highest BCUT2D eigenvalue weighted by atomic mass is 16.2. The van der Waals surface area contributed by atoms with Crippen molar-refractivity contribution in [3.05, 3.63) is 59.7 Å². The minimum atomic E-state index is -0.313. The van der Waals surface area contributed by atoms with E-state index >= 15 is 0 Å². The Morgan fingerprint density at radius 3 is 2.06 bits per heavy atom. The van der Waals surface area contributed by atoms with Crippen molar-refractivity contribution in [2.45, 2.75) is 33.1 Å². The van der Waals surface area contributed by atoms with Crippen molar-refractivity contribution in [2.24, 2.45) is 11.8 Å². The van der Waals surface area contributed by atoms with Crippen molar-refractivity contribution < 1.29 is 14.4 Å². The standard InChI is InChI=1S/C25H29N3O3/c1-17-3-7-21(8-4-17)26-24(30)19-11-13-27(14-12-19)25(31)20-15-23(29)28(16-20)22-9-5-18(2)6-10-22/h3-10,19-20H,11-16H2,1-2H3,(H,26,30)/t20-/m0/s1. The number of nitrogens with one attached hydrogen (secondary N) is 1. The van der Waals surface area contributed by atoms with Gasteiger partial charge in [-0.15, -0.1) is 0 Å². The van der Waals surface area contributed by atoms with Gasteiger partial charge in [0.2, 0.25) is 17.7 Å². The van der Waals surface area contributed by atoms with Gasteiger partial charge in [-0.2, -0.15) is 0 Å². The summed E-state index contributed by atoms with van der Waals surface area (Å²) < 4.78 is 0. The molecular formula is C25H29N3O3. The maximum absolute atomic E-state index is 13.0. The van der Waals surface area contributed by atoms with E-state index in [1.54, 1.807) is 4.90 Å². The molecule has 0 unspecified atom stereocenters. The van der Waals surface area contributed by atoms with Gasteiger partial charge in [-0.3, -0.25) is 14.4 Å². The van der Waals surface area contributed by atoms with Gasteiger partial charge < -0.3 is 15.1 Å². The maximum Gasteiger partial charge on any atom is 0.228 e. The first-order valence-electron chi connectivity index (χ1n) is 10.9. The van der Waals surface area contributed by atoms with Crippen LogP contribution in [-0.4, -0.2) is 42.3 Å². The second kappa shape index (κ2) is 8.92. The number of likely N-dealkylation sites (tertiary alicyclic amines) is 1. The molecule has 0 aromatic heterocycles. The zero-order valence-electron chi connectivity index (χ0n) is 18.1. The molecule has 0 radical (unpaired) electrons. The topological polar surface area (TPSA) is 69.7 Å². The van der Waals surface area contributed by atoms with E-state index in [1.165, 1.54) is 0 Å². The molecule has 0 bridgehead atoms. The molecule has 6 heteroatoms. The third kappa shape index (κ3) is 4.79. The fourth-order valence-electron chi connectivity index (χ4n) is 4.35.